The summed E-state index contributed by atoms with van der Waals surface area (Å²) in [5.41, 5.74) is 12.8. The van der Waals surface area contributed by atoms with E-state index in [0.717, 1.165) is 47.0 Å². The molecule has 0 heterocycles. The van der Waals surface area contributed by atoms with Gasteiger partial charge in [0.25, 0.3) is 0 Å². The number of nitrogens with zero attached hydrogens (tertiary/aromatic N) is 4. The van der Waals surface area contributed by atoms with Gasteiger partial charge >= 0.3 is 0 Å². The summed E-state index contributed by atoms with van der Waals surface area (Å²) in [5, 5.41) is 24.1. The first kappa shape index (κ1) is 31.6. The highest BCUT2D eigenvalue weighted by molar-refractivity contribution is 6.06. The summed E-state index contributed by atoms with van der Waals surface area (Å²) in [6, 6.07) is 44.6. The maximum absolute atomic E-state index is 9.63. The summed E-state index contributed by atoms with van der Waals surface area (Å²) >= 11 is 0. The van der Waals surface area contributed by atoms with E-state index in [1.165, 1.54) is 43.8 Å². The zero-order valence-electron chi connectivity index (χ0n) is 29.5. The van der Waals surface area contributed by atoms with Gasteiger partial charge in [-0.1, -0.05) is 97.1 Å². The number of hydrogen-bond acceptors (Lipinski definition) is 4. The van der Waals surface area contributed by atoms with Gasteiger partial charge in [-0.15, -0.1) is 0 Å². The van der Waals surface area contributed by atoms with Crippen molar-refractivity contribution in [3.8, 4) is 12.1 Å². The average molecular weight is 691 g/mol. The monoisotopic (exact) mass is 690 g/mol. The Morgan fingerprint density at radius 1 is 0.574 bits per heavy atom. The van der Waals surface area contributed by atoms with Crippen molar-refractivity contribution in [3.63, 3.8) is 0 Å². The predicted molar refractivity (Wildman–Crippen MR) is 221 cm³/mol. The molecule has 0 aromatic heterocycles. The topological polar surface area (TPSA) is 54.1 Å². The summed E-state index contributed by atoms with van der Waals surface area (Å²) in [6.07, 6.45) is 22.4. The van der Waals surface area contributed by atoms with Gasteiger partial charge < -0.3 is 9.80 Å². The van der Waals surface area contributed by atoms with Crippen molar-refractivity contribution in [2.45, 2.75) is 18.8 Å². The highest BCUT2D eigenvalue weighted by Gasteiger charge is 2.32. The number of anilines is 4. The standard InChI is InChI=1S/C50H34N4/c51-31-33-9-19-41(20-10-33)53(43-23-13-35-5-1-3-7-39(35)29-43)47-27-17-37-16-26-46-48(28-18-38-15-25-45(47)49(37)50(38)46)54(42-21-11-34(32-52)12-22-42)44-24-14-36-6-2-4-8-40(36)30-44/h1-13,15-17,19-30,36,38H,14,18H2. The van der Waals surface area contributed by atoms with Crippen LogP contribution in [0.2, 0.25) is 0 Å². The first-order chi connectivity index (χ1) is 26.7. The van der Waals surface area contributed by atoms with E-state index >= 15 is 0 Å². The fraction of sp³-hybridized carbons (Fsp3) is 0.0800. The van der Waals surface area contributed by atoms with Crippen LogP contribution in [0.3, 0.4) is 0 Å². The number of hydrogen-bond donors (Lipinski definition) is 0. The largest absolute Gasteiger partial charge is 0.311 e. The summed E-state index contributed by atoms with van der Waals surface area (Å²) < 4.78 is 0. The Morgan fingerprint density at radius 2 is 1.26 bits per heavy atom. The molecule has 6 aromatic carbocycles. The Balaban J connectivity index is 1.16. The van der Waals surface area contributed by atoms with E-state index in [9.17, 15) is 10.5 Å². The molecule has 0 spiro atoms. The van der Waals surface area contributed by atoms with Crippen LogP contribution in [-0.4, -0.2) is 0 Å². The summed E-state index contributed by atoms with van der Waals surface area (Å²) in [4.78, 5) is 4.72. The molecule has 54 heavy (non-hydrogen) atoms. The summed E-state index contributed by atoms with van der Waals surface area (Å²) in [5.74, 6) is 0.636. The van der Waals surface area contributed by atoms with Crippen LogP contribution in [0.15, 0.2) is 175 Å². The van der Waals surface area contributed by atoms with E-state index in [0.29, 0.717) is 17.0 Å². The fourth-order valence-electron chi connectivity index (χ4n) is 8.64. The second-order valence-corrected chi connectivity index (χ2v) is 14.3. The molecular formula is C50H34N4. The zero-order chi connectivity index (χ0) is 36.2. The van der Waals surface area contributed by atoms with E-state index in [1.54, 1.807) is 0 Å². The molecule has 0 amide bonds. The minimum absolute atomic E-state index is 0.247. The summed E-state index contributed by atoms with van der Waals surface area (Å²) in [7, 11) is 0. The maximum Gasteiger partial charge on any atom is 0.0991 e. The van der Waals surface area contributed by atoms with Gasteiger partial charge in [-0.05, 0) is 118 Å². The van der Waals surface area contributed by atoms with Gasteiger partial charge in [-0.3, -0.25) is 0 Å². The molecule has 2 unspecified atom stereocenters. The van der Waals surface area contributed by atoms with Crippen molar-refractivity contribution < 1.29 is 0 Å². The molecule has 0 saturated heterocycles. The third kappa shape index (κ3) is 5.20. The lowest BCUT2D eigenvalue weighted by atomic mass is 9.76. The molecule has 0 fully saturated rings. The Kier molecular flexibility index (Phi) is 7.50. The number of nitriles is 2. The Morgan fingerprint density at radius 3 is 2.04 bits per heavy atom. The van der Waals surface area contributed by atoms with Gasteiger partial charge in [0.05, 0.1) is 29.0 Å². The van der Waals surface area contributed by atoms with Gasteiger partial charge in [0.1, 0.15) is 0 Å². The Hall–Kier alpha value is -7.14. The Bertz CT molecular complexity index is 2800. The SMILES string of the molecule is N#Cc1ccc(N(C2=CCC3C=CC=CC3=C2)C2=CCC3C=Cc4c(N(c5ccc(C#N)cc5)c5ccc6ccccc6c5)ccc5ccc2c3c45)cc1. The quantitative estimate of drug-likeness (QED) is 0.175. The lowest BCUT2D eigenvalue weighted by molar-refractivity contribution is 0.768. The minimum Gasteiger partial charge on any atom is -0.311 e. The molecule has 4 aliphatic rings. The molecule has 10 rings (SSSR count). The van der Waals surface area contributed by atoms with Crippen LogP contribution in [-0.2, 0) is 0 Å². The molecule has 0 bridgehead atoms. The van der Waals surface area contributed by atoms with Crippen molar-refractivity contribution in [2.75, 3.05) is 9.80 Å². The van der Waals surface area contributed by atoms with Crippen molar-refractivity contribution in [1.82, 2.24) is 0 Å². The second kappa shape index (κ2) is 12.8. The minimum atomic E-state index is 0.247. The van der Waals surface area contributed by atoms with Crippen LogP contribution in [0.25, 0.3) is 33.3 Å². The summed E-state index contributed by atoms with van der Waals surface area (Å²) in [6.45, 7) is 0. The first-order valence-electron chi connectivity index (χ1n) is 18.5. The van der Waals surface area contributed by atoms with Crippen LogP contribution in [0.5, 0.6) is 0 Å². The average Bonchev–Trinajstić information content (AvgIpc) is 3.24. The van der Waals surface area contributed by atoms with Crippen LogP contribution in [0, 0.1) is 28.6 Å². The van der Waals surface area contributed by atoms with E-state index in [-0.39, 0.29) is 5.92 Å². The van der Waals surface area contributed by atoms with Crippen LogP contribution < -0.4 is 9.80 Å². The molecule has 0 radical (unpaired) electrons. The molecule has 6 aromatic rings. The van der Waals surface area contributed by atoms with Crippen LogP contribution >= 0.6 is 0 Å². The third-order valence-electron chi connectivity index (χ3n) is 11.3. The highest BCUT2D eigenvalue weighted by atomic mass is 15.2. The lowest BCUT2D eigenvalue weighted by Gasteiger charge is -2.37. The Labute approximate surface area is 315 Å². The number of rotatable bonds is 6. The normalized spacial score (nSPS) is 17.6. The molecular weight excluding hydrogens is 657 g/mol. The first-order valence-corrected chi connectivity index (χ1v) is 18.5. The van der Waals surface area contributed by atoms with E-state index in [2.05, 4.69) is 155 Å². The second-order valence-electron chi connectivity index (χ2n) is 14.3. The van der Waals surface area contributed by atoms with Gasteiger partial charge in [-0.25, -0.2) is 0 Å². The van der Waals surface area contributed by atoms with E-state index < -0.39 is 0 Å². The van der Waals surface area contributed by atoms with Crippen molar-refractivity contribution in [3.05, 3.63) is 203 Å². The smallest absolute Gasteiger partial charge is 0.0991 e. The van der Waals surface area contributed by atoms with Gasteiger partial charge in [0.15, 0.2) is 0 Å². The molecule has 2 atom stereocenters. The van der Waals surface area contributed by atoms with Crippen LogP contribution in [0.1, 0.15) is 46.6 Å². The van der Waals surface area contributed by atoms with E-state index in [1.807, 2.05) is 36.4 Å². The zero-order valence-corrected chi connectivity index (χ0v) is 29.5. The van der Waals surface area contributed by atoms with Gasteiger partial charge in [0.2, 0.25) is 0 Å². The number of benzene rings is 6. The van der Waals surface area contributed by atoms with Crippen molar-refractivity contribution in [1.29, 1.82) is 10.5 Å². The molecule has 4 nitrogen and oxygen atoms in total. The van der Waals surface area contributed by atoms with Gasteiger partial charge in [0, 0.05) is 51.4 Å². The number of fused-ring (bicyclic) bond motifs is 2. The molecule has 0 aliphatic heterocycles. The van der Waals surface area contributed by atoms with Gasteiger partial charge in [-0.2, -0.15) is 10.5 Å². The fourth-order valence-corrected chi connectivity index (χ4v) is 8.64. The van der Waals surface area contributed by atoms with Crippen molar-refractivity contribution >= 4 is 56.1 Å². The number of allylic oxidation sites excluding steroid dienone is 9. The molecule has 4 heteroatoms. The lowest BCUT2D eigenvalue weighted by Crippen LogP contribution is -2.25. The van der Waals surface area contributed by atoms with Crippen molar-refractivity contribution in [2.24, 2.45) is 5.92 Å². The third-order valence-corrected chi connectivity index (χ3v) is 11.3. The van der Waals surface area contributed by atoms with E-state index in [4.69, 9.17) is 0 Å². The predicted octanol–water partition coefficient (Wildman–Crippen LogP) is 12.5. The highest BCUT2D eigenvalue weighted by Crippen LogP contribution is 2.50. The molecule has 0 saturated carbocycles. The molecule has 4 aliphatic carbocycles. The maximum atomic E-state index is 9.63. The molecule has 254 valence electrons. The van der Waals surface area contributed by atoms with Crippen LogP contribution in [0.4, 0.5) is 22.7 Å². The molecule has 0 N–H and O–H groups in total.